The number of aliphatic hydroxyl groups is 2. The Kier molecular flexibility index (Phi) is 5.77. The van der Waals surface area contributed by atoms with E-state index in [0.29, 0.717) is 11.4 Å². The second-order valence-electron chi connectivity index (χ2n) is 8.15. The van der Waals surface area contributed by atoms with Gasteiger partial charge >= 0.3 is 5.97 Å². The predicted octanol–water partition coefficient (Wildman–Crippen LogP) is 1.49. The average Bonchev–Trinajstić information content (AvgIpc) is 3.17. The Hall–Kier alpha value is -3.56. The lowest BCUT2D eigenvalue weighted by Gasteiger charge is -2.29. The molecule has 0 unspecified atom stereocenters. The molecule has 2 aromatic heterocycles. The summed E-state index contributed by atoms with van der Waals surface area (Å²) in [4.78, 5) is 42.4. The van der Waals surface area contributed by atoms with E-state index in [1.54, 1.807) is 13.8 Å². The summed E-state index contributed by atoms with van der Waals surface area (Å²) < 4.78 is 1.46. The summed E-state index contributed by atoms with van der Waals surface area (Å²) in [5.74, 6) is -2.17. The number of para-hydroxylation sites is 1. The Morgan fingerprint density at radius 2 is 1.97 bits per heavy atom. The van der Waals surface area contributed by atoms with Crippen molar-refractivity contribution in [3.05, 3.63) is 63.4 Å². The normalized spacial score (nSPS) is 14.9. The topological polar surface area (TPSA) is 142 Å². The number of pyridine rings is 2. The van der Waals surface area contributed by atoms with Crippen molar-refractivity contribution in [2.75, 3.05) is 0 Å². The number of nitrogens with one attached hydrogen (secondary N) is 1. The molecule has 9 nitrogen and oxygen atoms in total. The summed E-state index contributed by atoms with van der Waals surface area (Å²) in [6.45, 7) is 2.71. The molecule has 0 aliphatic carbocycles. The maximum Gasteiger partial charge on any atom is 0.326 e. The molecule has 1 aromatic carbocycles. The number of carbonyl (C=O) groups is 2. The molecule has 4 rings (SSSR count). The summed E-state index contributed by atoms with van der Waals surface area (Å²) in [7, 11) is 0. The van der Waals surface area contributed by atoms with E-state index in [4.69, 9.17) is 4.98 Å². The van der Waals surface area contributed by atoms with Crippen LogP contribution in [0, 0.1) is 0 Å². The number of aromatic nitrogens is 2. The van der Waals surface area contributed by atoms with E-state index < -0.39 is 35.7 Å². The SMILES string of the molecule is CC[C@@H](NC(=O)[C@](O)(CC)c1cc2n(c(=O)c1CO)Cc1cc3ccccc3nc1-2)C(=O)O. The number of hydrogen-bond acceptors (Lipinski definition) is 6. The van der Waals surface area contributed by atoms with Crippen LogP contribution in [0.5, 0.6) is 0 Å². The molecule has 172 valence electrons. The van der Waals surface area contributed by atoms with Crippen LogP contribution in [0.15, 0.2) is 41.2 Å². The van der Waals surface area contributed by atoms with Crippen molar-refractivity contribution >= 4 is 22.8 Å². The number of nitrogens with zero attached hydrogens (tertiary/aromatic N) is 2. The van der Waals surface area contributed by atoms with Gasteiger partial charge in [0.2, 0.25) is 0 Å². The lowest BCUT2D eigenvalue weighted by atomic mass is 9.86. The summed E-state index contributed by atoms with van der Waals surface area (Å²) in [6.07, 6.45) is -0.0201. The van der Waals surface area contributed by atoms with Gasteiger partial charge in [-0.2, -0.15) is 0 Å². The Bertz CT molecular complexity index is 1330. The largest absolute Gasteiger partial charge is 0.480 e. The molecule has 4 N–H and O–H groups in total. The maximum absolute atomic E-state index is 13.3. The number of carboxylic acid groups (broad SMARTS) is 1. The average molecular weight is 451 g/mol. The van der Waals surface area contributed by atoms with Crippen LogP contribution < -0.4 is 10.9 Å². The number of aliphatic carboxylic acids is 1. The fourth-order valence-corrected chi connectivity index (χ4v) is 4.33. The number of carbonyl (C=O) groups excluding carboxylic acids is 1. The molecule has 0 saturated carbocycles. The fourth-order valence-electron chi connectivity index (χ4n) is 4.33. The van der Waals surface area contributed by atoms with Gasteiger partial charge in [-0.05, 0) is 31.0 Å². The molecule has 9 heteroatoms. The Labute approximate surface area is 189 Å². The molecular formula is C24H25N3O6. The van der Waals surface area contributed by atoms with Crippen LogP contribution in [-0.4, -0.2) is 42.8 Å². The Balaban J connectivity index is 1.89. The summed E-state index contributed by atoms with van der Waals surface area (Å²) >= 11 is 0. The van der Waals surface area contributed by atoms with Gasteiger partial charge in [-0.1, -0.05) is 32.0 Å². The van der Waals surface area contributed by atoms with Crippen LogP contribution >= 0.6 is 0 Å². The van der Waals surface area contributed by atoms with Gasteiger partial charge in [0.25, 0.3) is 11.5 Å². The first-order valence-corrected chi connectivity index (χ1v) is 10.8. The minimum atomic E-state index is -2.21. The van der Waals surface area contributed by atoms with Crippen molar-refractivity contribution < 1.29 is 24.9 Å². The van der Waals surface area contributed by atoms with E-state index in [0.717, 1.165) is 16.5 Å². The highest BCUT2D eigenvalue weighted by Crippen LogP contribution is 2.36. The Morgan fingerprint density at radius 1 is 1.24 bits per heavy atom. The summed E-state index contributed by atoms with van der Waals surface area (Å²) in [6, 6.07) is 9.78. The zero-order valence-electron chi connectivity index (χ0n) is 18.3. The molecule has 0 spiro atoms. The second-order valence-corrected chi connectivity index (χ2v) is 8.15. The first-order chi connectivity index (χ1) is 15.7. The van der Waals surface area contributed by atoms with Crippen molar-refractivity contribution in [2.24, 2.45) is 0 Å². The van der Waals surface area contributed by atoms with Gasteiger partial charge in [0.15, 0.2) is 5.60 Å². The van der Waals surface area contributed by atoms with Crippen LogP contribution in [0.4, 0.5) is 0 Å². The molecule has 2 atom stereocenters. The van der Waals surface area contributed by atoms with Crippen molar-refractivity contribution in [1.82, 2.24) is 14.9 Å². The van der Waals surface area contributed by atoms with Gasteiger partial charge in [-0.25, -0.2) is 9.78 Å². The zero-order valence-corrected chi connectivity index (χ0v) is 18.3. The van der Waals surface area contributed by atoms with Crippen LogP contribution in [0.3, 0.4) is 0 Å². The smallest absolute Gasteiger partial charge is 0.326 e. The third-order valence-electron chi connectivity index (χ3n) is 6.28. The Morgan fingerprint density at radius 3 is 2.61 bits per heavy atom. The molecular weight excluding hydrogens is 426 g/mol. The van der Waals surface area contributed by atoms with Crippen LogP contribution in [0.1, 0.15) is 43.4 Å². The van der Waals surface area contributed by atoms with Gasteiger partial charge < -0.3 is 25.2 Å². The van der Waals surface area contributed by atoms with E-state index >= 15 is 0 Å². The first-order valence-electron chi connectivity index (χ1n) is 10.8. The number of amides is 1. The first kappa shape index (κ1) is 22.6. The number of fused-ring (bicyclic) bond motifs is 4. The standard InChI is InChI=1S/C24H25N3O6/c1-3-17(22(30)31)26-23(32)24(33,4-2)16-10-19-20-14(11-27(19)21(29)15(16)12-28)9-13-7-5-6-8-18(13)25-20/h5-10,17,28,33H,3-4,11-12H2,1-2H3,(H,26,32)(H,30,31)/t17-,24+/m1/s1. The molecule has 0 radical (unpaired) electrons. The number of rotatable bonds is 7. The van der Waals surface area contributed by atoms with Gasteiger partial charge in [0, 0.05) is 22.1 Å². The molecule has 1 aliphatic rings. The highest BCUT2D eigenvalue weighted by atomic mass is 16.4. The third-order valence-corrected chi connectivity index (χ3v) is 6.28. The van der Waals surface area contributed by atoms with Gasteiger partial charge in [-0.3, -0.25) is 9.59 Å². The summed E-state index contributed by atoms with van der Waals surface area (Å²) in [5, 5.41) is 33.9. The highest BCUT2D eigenvalue weighted by Gasteiger charge is 2.41. The van der Waals surface area contributed by atoms with E-state index in [9.17, 15) is 29.7 Å². The number of hydrogen-bond donors (Lipinski definition) is 4. The predicted molar refractivity (Wildman–Crippen MR) is 121 cm³/mol. The number of aliphatic hydroxyl groups excluding tert-OH is 1. The lowest BCUT2D eigenvalue weighted by Crippen LogP contribution is -2.51. The van der Waals surface area contributed by atoms with E-state index in [2.05, 4.69) is 5.32 Å². The molecule has 0 saturated heterocycles. The highest BCUT2D eigenvalue weighted by molar-refractivity contribution is 5.91. The molecule has 1 amide bonds. The van der Waals surface area contributed by atoms with Crippen LogP contribution in [-0.2, 0) is 28.3 Å². The zero-order chi connectivity index (χ0) is 23.9. The molecule has 0 bridgehead atoms. The van der Waals surface area contributed by atoms with Gasteiger partial charge in [0.05, 0.1) is 30.1 Å². The monoisotopic (exact) mass is 451 g/mol. The van der Waals surface area contributed by atoms with Crippen LogP contribution in [0.25, 0.3) is 22.3 Å². The van der Waals surface area contributed by atoms with Crippen LogP contribution in [0.2, 0.25) is 0 Å². The van der Waals surface area contributed by atoms with Crippen molar-refractivity contribution in [1.29, 1.82) is 0 Å². The molecule has 3 aromatic rings. The minimum Gasteiger partial charge on any atom is -0.480 e. The van der Waals surface area contributed by atoms with Gasteiger partial charge in [-0.15, -0.1) is 0 Å². The molecule has 3 heterocycles. The van der Waals surface area contributed by atoms with Crippen molar-refractivity contribution in [3.63, 3.8) is 0 Å². The third kappa shape index (κ3) is 3.59. The minimum absolute atomic E-state index is 0.0516. The lowest BCUT2D eigenvalue weighted by molar-refractivity contribution is -0.148. The fraction of sp³-hybridized carbons (Fsp3) is 0.333. The quantitative estimate of drug-likeness (QED) is 0.334. The van der Waals surface area contributed by atoms with E-state index in [1.165, 1.54) is 10.6 Å². The molecule has 1 aliphatic heterocycles. The van der Waals surface area contributed by atoms with Crippen molar-refractivity contribution in [2.45, 2.75) is 51.5 Å². The number of benzene rings is 1. The summed E-state index contributed by atoms with van der Waals surface area (Å²) in [5.41, 5.74) is -0.366. The van der Waals surface area contributed by atoms with Gasteiger partial charge in [0.1, 0.15) is 6.04 Å². The van der Waals surface area contributed by atoms with Crippen molar-refractivity contribution in [3.8, 4) is 11.4 Å². The second kappa shape index (κ2) is 8.42. The molecule has 0 fully saturated rings. The number of carboxylic acids is 1. The molecule has 33 heavy (non-hydrogen) atoms. The van der Waals surface area contributed by atoms with E-state index in [-0.39, 0.29) is 30.5 Å². The maximum atomic E-state index is 13.3. The van der Waals surface area contributed by atoms with E-state index in [1.807, 2.05) is 30.3 Å².